The molecule has 0 unspecified atom stereocenters. The van der Waals surface area contributed by atoms with Crippen LogP contribution in [-0.2, 0) is 102 Å². The zero-order valence-electron chi connectivity index (χ0n) is 67.5. The van der Waals surface area contributed by atoms with E-state index in [0.717, 1.165) is 24.2 Å². The summed E-state index contributed by atoms with van der Waals surface area (Å²) in [5.74, 6) is -20.1. The number of rotatable bonds is 41. The number of carbonyl (C=O) groups is 20. The van der Waals surface area contributed by atoms with E-state index < -0.39 is 230 Å². The first-order chi connectivity index (χ1) is 55.4. The van der Waals surface area contributed by atoms with E-state index in [-0.39, 0.29) is 38.5 Å². The Labute approximate surface area is 701 Å². The maximum absolute atomic E-state index is 10.4. The average Bonchev–Trinajstić information content (AvgIpc) is 0.926. The molecule has 1 rings (SSSR count). The molecule has 14 atom stereocenters. The molecule has 122 heavy (non-hydrogen) atoms. The van der Waals surface area contributed by atoms with Crippen LogP contribution in [0.1, 0.15) is 130 Å². The molecule has 0 saturated carbocycles. The van der Waals surface area contributed by atoms with Crippen molar-refractivity contribution in [2.24, 2.45) is 97.7 Å². The van der Waals surface area contributed by atoms with Gasteiger partial charge in [0.25, 0.3) is 0 Å². The summed E-state index contributed by atoms with van der Waals surface area (Å²) in [4.78, 5) is 198. The first kappa shape index (κ1) is 139. The largest absolute Gasteiger partial charge is 0.481 e. The Hall–Kier alpha value is -11.7. The van der Waals surface area contributed by atoms with Crippen LogP contribution in [0.2, 0.25) is 0 Å². The molecule has 0 aromatic heterocycles. The summed E-state index contributed by atoms with van der Waals surface area (Å²) in [5.41, 5.74) is 80.7. The maximum Gasteiger partial charge on any atom is 0.322 e. The molecule has 1 amide bonds. The molecule has 1 aromatic rings. The Morgan fingerprint density at radius 2 is 0.541 bits per heavy atom. The van der Waals surface area contributed by atoms with Crippen molar-refractivity contribution in [3.63, 3.8) is 0 Å². The zero-order chi connectivity index (χ0) is 99.8. The predicted molar refractivity (Wildman–Crippen MR) is 427 cm³/mol. The molecular formula is C65H126N16O40S. The predicted octanol–water partition coefficient (Wildman–Crippen LogP) is -8.78. The van der Waals surface area contributed by atoms with Gasteiger partial charge in [0.2, 0.25) is 5.91 Å². The van der Waals surface area contributed by atoms with Gasteiger partial charge in [0.1, 0.15) is 84.6 Å². The number of benzene rings is 1. The number of aliphatic hydroxyl groups is 1. The molecule has 0 saturated heterocycles. The Morgan fingerprint density at radius 1 is 0.303 bits per heavy atom. The second-order valence-corrected chi connectivity index (χ2v) is 25.0. The van der Waals surface area contributed by atoms with Gasteiger partial charge in [-0.15, -0.1) is 0 Å². The van der Waals surface area contributed by atoms with Crippen molar-refractivity contribution >= 4 is 131 Å². The highest BCUT2D eigenvalue weighted by Gasteiger charge is 2.20. The zero-order valence-corrected chi connectivity index (χ0v) is 68.3. The van der Waals surface area contributed by atoms with E-state index in [4.69, 9.17) is 194 Å². The Morgan fingerprint density at radius 3 is 0.705 bits per heavy atom. The smallest absolute Gasteiger partial charge is 0.322 e. The number of aliphatic hydroxyl groups excluding tert-OH is 1. The number of hydrogen-bond donors (Lipinski definition) is 36. The van der Waals surface area contributed by atoms with Gasteiger partial charge >= 0.3 is 113 Å². The third-order valence-corrected chi connectivity index (χ3v) is 12.3. The van der Waals surface area contributed by atoms with Crippen LogP contribution in [0.25, 0.3) is 0 Å². The number of amides is 1. The third kappa shape index (κ3) is 129. The fraction of sp³-hybridized carbons (Fsp3) is 0.600. The number of carbonyl (C=O) groups excluding carboxylic acids is 1. The monoisotopic (exact) mass is 1800 g/mol. The van der Waals surface area contributed by atoms with Gasteiger partial charge < -0.3 is 194 Å². The lowest BCUT2D eigenvalue weighted by Gasteiger charge is -2.07. The molecular weight excluding hydrogens is 1680 g/mol. The number of carboxylic acid groups (broad SMARTS) is 19. The van der Waals surface area contributed by atoms with Crippen LogP contribution < -0.4 is 91.7 Å². The molecule has 0 aliphatic carbocycles. The number of carboxylic acids is 19. The van der Waals surface area contributed by atoms with Crippen molar-refractivity contribution in [3.05, 3.63) is 35.9 Å². The first-order valence-electron chi connectivity index (χ1n) is 34.4. The normalized spacial score (nSPS) is 12.9. The van der Waals surface area contributed by atoms with Crippen LogP contribution in [0.15, 0.2) is 30.3 Å². The Balaban J connectivity index is -0.0000000957. The Kier molecular flexibility index (Phi) is 101. The lowest BCUT2D eigenvalue weighted by atomic mass is 10.1. The van der Waals surface area contributed by atoms with Crippen molar-refractivity contribution in [3.8, 4) is 0 Å². The highest BCUT2D eigenvalue weighted by atomic mass is 32.2. The van der Waals surface area contributed by atoms with Crippen LogP contribution >= 0.6 is 11.8 Å². The number of primary amides is 1. The van der Waals surface area contributed by atoms with E-state index in [0.29, 0.717) is 38.1 Å². The van der Waals surface area contributed by atoms with Gasteiger partial charge in [0, 0.05) is 19.3 Å². The van der Waals surface area contributed by atoms with Crippen molar-refractivity contribution in [2.45, 2.75) is 216 Å². The molecule has 1 aromatic carbocycles. The maximum atomic E-state index is 10.4. The van der Waals surface area contributed by atoms with E-state index in [1.807, 2.05) is 50.4 Å². The minimum absolute atomic E-state index is 0.0213. The van der Waals surface area contributed by atoms with Crippen LogP contribution in [0.4, 0.5) is 0 Å². The van der Waals surface area contributed by atoms with Gasteiger partial charge in [-0.3, -0.25) is 95.9 Å². The van der Waals surface area contributed by atoms with Crippen molar-refractivity contribution in [2.75, 3.05) is 25.2 Å². The minimum Gasteiger partial charge on any atom is -0.481 e. The van der Waals surface area contributed by atoms with E-state index in [9.17, 15) is 95.9 Å². The summed E-state index contributed by atoms with van der Waals surface area (Å²) in [5, 5.41) is 162. The number of unbranched alkanes of at least 4 members (excludes halogenated alkanes) is 1. The van der Waals surface area contributed by atoms with Gasteiger partial charge in [-0.1, -0.05) is 50.6 Å². The van der Waals surface area contributed by atoms with Gasteiger partial charge in [-0.05, 0) is 102 Å². The molecule has 52 N–H and O–H groups in total. The molecule has 0 heterocycles. The van der Waals surface area contributed by atoms with Gasteiger partial charge in [-0.25, -0.2) is 0 Å². The molecule has 0 spiro atoms. The first-order valence-corrected chi connectivity index (χ1v) is 35.8. The van der Waals surface area contributed by atoms with Crippen LogP contribution in [0.3, 0.4) is 0 Å². The van der Waals surface area contributed by atoms with Crippen molar-refractivity contribution < 1.29 is 198 Å². The topological polar surface area (TPSA) is 1160 Å². The van der Waals surface area contributed by atoms with Crippen LogP contribution in [0.5, 0.6) is 0 Å². The molecule has 56 nitrogen and oxygen atoms in total. The molecule has 0 radical (unpaired) electrons. The van der Waals surface area contributed by atoms with Crippen molar-refractivity contribution in [1.29, 1.82) is 0 Å². The van der Waals surface area contributed by atoms with Gasteiger partial charge in [0.15, 0.2) is 0 Å². The third-order valence-electron chi connectivity index (χ3n) is 11.7. The second kappa shape index (κ2) is 88.6. The highest BCUT2D eigenvalue weighted by Crippen LogP contribution is 2.04. The van der Waals surface area contributed by atoms with E-state index in [2.05, 4.69) is 0 Å². The molecule has 0 aliphatic heterocycles. The van der Waals surface area contributed by atoms with Crippen molar-refractivity contribution in [1.82, 2.24) is 0 Å². The minimum atomic E-state index is -1.29. The summed E-state index contributed by atoms with van der Waals surface area (Å²) >= 11 is 1.60. The van der Waals surface area contributed by atoms with E-state index in [1.54, 1.807) is 11.8 Å². The lowest BCUT2D eigenvalue weighted by molar-refractivity contribution is -0.144. The molecule has 0 aliphatic rings. The number of hydrogen-bond acceptors (Lipinski definition) is 37. The highest BCUT2D eigenvalue weighted by molar-refractivity contribution is 7.98. The summed E-state index contributed by atoms with van der Waals surface area (Å²) in [7, 11) is 0. The summed E-state index contributed by atoms with van der Waals surface area (Å²) in [6.45, 7) is 8.25. The van der Waals surface area contributed by atoms with E-state index in [1.165, 1.54) is 20.8 Å². The van der Waals surface area contributed by atoms with Crippen LogP contribution in [-0.4, -0.2) is 331 Å². The SMILES string of the molecule is CC(C)C[C@H](N)C(=O)O.CSCC[C@H](N)C(=O)O.C[C@H](N)C(=O)O.C[C@H](N)C(=O)O.C[C@H](N)C(=O)O.NC(=O)CC[C@H](N)C(=O)O.NCCCC[C@H](N)C(=O)O.N[C@@H](CC(=O)O)C(=O)O.N[C@@H](CC(=O)O)C(=O)O.N[C@@H](CC(=O)O)C(=O)O.N[C@@H](CCC(=O)O)C(=O)O.N[C@@H](CCC(=O)O)C(=O)O.N[C@@H](CO)C(=O)O.N[C@@H](Cc1ccccc1)C(=O)O. The fourth-order valence-electron chi connectivity index (χ4n) is 4.69. The number of thioether (sulfide) groups is 1. The van der Waals surface area contributed by atoms with Crippen LogP contribution in [0, 0.1) is 5.92 Å². The quantitative estimate of drug-likeness (QED) is 0.0271. The average molecular weight is 1800 g/mol. The lowest BCUT2D eigenvalue weighted by Crippen LogP contribution is -2.33. The van der Waals surface area contributed by atoms with Gasteiger partial charge in [0.05, 0.1) is 25.9 Å². The fourth-order valence-corrected chi connectivity index (χ4v) is 5.18. The standard InChI is InChI=1S/C9H11NO2.C6H14N2O2.C6H13NO2.C5H10N2O3.2C5H9NO4.C5H11NO2S.3C4H7NO4.C3H7NO3.3C3H7NO2/c10-8(9(11)12)6-7-4-2-1-3-5-7;7-4-2-1-3-5(8)6(9)10;1-4(2)3-5(7)6(8)9;3*6-3(5(9)10)1-2-4(7)8;1-9-3-2-4(6)5(7)8;3*5-2(4(8)9)1-3(6)7;4-2(1-5)3(6)7;3*1-2(4)3(5)6/h1-5,8H,6,10H2,(H,11,12);5H,1-4,7-8H2,(H,9,10);4-5H,3,7H2,1-2H3,(H,8,9);3H,1-2,6H2,(H2,7,8)(H,9,10);2*3H,1-2,6H2,(H,7,8)(H,9,10);4H,2-3,6H2,1H3,(H,7,8);3*2H,1,5H2,(H,6,7)(H,8,9);2,5H,1,4H2,(H,6,7);3*2H,4H2,1H3,(H,5,6)/t8-;2*5-;3*3-;4-;7*2-/m00000000000000/s1. The summed E-state index contributed by atoms with van der Waals surface area (Å²) < 4.78 is 0. The Bertz CT molecular complexity index is 2970. The number of aliphatic carboxylic acids is 19. The second-order valence-electron chi connectivity index (χ2n) is 24.0. The summed E-state index contributed by atoms with van der Waals surface area (Å²) in [6, 6.07) is -3.83. The molecule has 0 bridgehead atoms. The molecule has 57 heteroatoms. The molecule has 0 fully saturated rings. The van der Waals surface area contributed by atoms with Gasteiger partial charge in [-0.2, -0.15) is 11.8 Å². The number of nitrogens with two attached hydrogens (primary N) is 16. The molecule has 712 valence electrons. The van der Waals surface area contributed by atoms with E-state index >= 15 is 0 Å². The summed E-state index contributed by atoms with van der Waals surface area (Å²) in [6.07, 6.45) is 3.66.